The maximum atomic E-state index is 13.5. The number of hydrogen-bond donors (Lipinski definition) is 2. The van der Waals surface area contributed by atoms with Crippen molar-refractivity contribution >= 4 is 16.7 Å². The molecule has 0 fully saturated rings. The number of nitrogens with zero attached hydrogens (tertiary/aromatic N) is 2. The third kappa shape index (κ3) is 2.19. The highest BCUT2D eigenvalue weighted by Crippen LogP contribution is 2.27. The van der Waals surface area contributed by atoms with Gasteiger partial charge in [0.1, 0.15) is 12.4 Å². The van der Waals surface area contributed by atoms with Crippen LogP contribution in [0.15, 0.2) is 36.4 Å². The van der Waals surface area contributed by atoms with E-state index in [1.807, 2.05) is 6.07 Å². The zero-order chi connectivity index (χ0) is 15.0. The molecule has 0 saturated carbocycles. The average Bonchev–Trinajstić information content (AvgIpc) is 2.85. The van der Waals surface area contributed by atoms with Gasteiger partial charge in [-0.2, -0.15) is 0 Å². The van der Waals surface area contributed by atoms with Gasteiger partial charge in [0.25, 0.3) is 0 Å². The van der Waals surface area contributed by atoms with E-state index in [1.54, 1.807) is 28.8 Å². The molecule has 0 unspecified atom stereocenters. The normalized spacial score (nSPS) is 11.0. The summed E-state index contributed by atoms with van der Waals surface area (Å²) < 4.78 is 20.3. The van der Waals surface area contributed by atoms with E-state index >= 15 is 0 Å². The van der Waals surface area contributed by atoms with Gasteiger partial charge in [-0.25, -0.2) is 9.37 Å². The number of fused-ring (bicyclic) bond motifs is 1. The van der Waals surface area contributed by atoms with Crippen molar-refractivity contribution in [1.29, 1.82) is 0 Å². The van der Waals surface area contributed by atoms with Crippen molar-refractivity contribution in [2.75, 3.05) is 12.8 Å². The Morgan fingerprint density at radius 3 is 2.81 bits per heavy atom. The molecule has 0 spiro atoms. The van der Waals surface area contributed by atoms with E-state index in [0.29, 0.717) is 22.7 Å². The van der Waals surface area contributed by atoms with Crippen LogP contribution >= 0.6 is 0 Å². The molecule has 3 rings (SSSR count). The molecule has 0 saturated heterocycles. The first-order valence-electron chi connectivity index (χ1n) is 6.35. The number of benzene rings is 2. The van der Waals surface area contributed by atoms with E-state index in [1.165, 1.54) is 13.2 Å². The van der Waals surface area contributed by atoms with Crippen molar-refractivity contribution in [3.05, 3.63) is 48.0 Å². The lowest BCUT2D eigenvalue weighted by atomic mass is 10.2. The third-order valence-corrected chi connectivity index (χ3v) is 3.28. The Hall–Kier alpha value is -2.60. The van der Waals surface area contributed by atoms with Crippen molar-refractivity contribution in [3.63, 3.8) is 0 Å². The van der Waals surface area contributed by atoms with Crippen LogP contribution in [-0.2, 0) is 6.61 Å². The number of rotatable bonds is 3. The van der Waals surface area contributed by atoms with Gasteiger partial charge in [-0.1, -0.05) is 0 Å². The molecule has 5 nitrogen and oxygen atoms in total. The highest BCUT2D eigenvalue weighted by atomic mass is 19.1. The lowest BCUT2D eigenvalue weighted by molar-refractivity contribution is 0.270. The van der Waals surface area contributed by atoms with Gasteiger partial charge in [0.05, 0.1) is 23.8 Å². The number of aromatic nitrogens is 2. The van der Waals surface area contributed by atoms with Crippen LogP contribution in [0.3, 0.4) is 0 Å². The van der Waals surface area contributed by atoms with Crippen molar-refractivity contribution in [2.24, 2.45) is 0 Å². The molecule has 2 aromatic carbocycles. The Bertz CT molecular complexity index is 814. The Kier molecular flexibility index (Phi) is 3.23. The first-order chi connectivity index (χ1) is 10.1. The van der Waals surface area contributed by atoms with Crippen LogP contribution in [0.25, 0.3) is 16.7 Å². The van der Waals surface area contributed by atoms with Crippen molar-refractivity contribution in [1.82, 2.24) is 9.55 Å². The van der Waals surface area contributed by atoms with Crippen LogP contribution in [0.2, 0.25) is 0 Å². The van der Waals surface area contributed by atoms with Crippen LogP contribution in [0.5, 0.6) is 5.75 Å². The molecule has 21 heavy (non-hydrogen) atoms. The molecule has 108 valence electrons. The third-order valence-electron chi connectivity index (χ3n) is 3.28. The second-order valence-corrected chi connectivity index (χ2v) is 4.59. The molecule has 3 N–H and O–H groups in total. The number of methoxy groups -OCH3 is 1. The van der Waals surface area contributed by atoms with Gasteiger partial charge in [0.2, 0.25) is 0 Å². The Balaban J connectivity index is 2.28. The lowest BCUT2D eigenvalue weighted by Gasteiger charge is -2.10. The minimum absolute atomic E-state index is 0.133. The predicted octanol–water partition coefficient (Wildman–Crippen LogP) is 2.25. The highest BCUT2D eigenvalue weighted by molar-refractivity contribution is 5.81. The molecule has 3 aromatic rings. The standard InChI is InChI=1S/C15H14FN3O2/c1-21-14-7-10(3-4-11(14)16)19-13-5-2-9(17)6-12(13)18-15(19)8-20/h2-7,20H,8,17H2,1H3. The Labute approximate surface area is 120 Å². The molecule has 0 aliphatic heterocycles. The fraction of sp³-hybridized carbons (Fsp3) is 0.133. The second-order valence-electron chi connectivity index (χ2n) is 4.59. The molecule has 0 bridgehead atoms. The molecule has 0 amide bonds. The number of anilines is 1. The first kappa shape index (κ1) is 13.4. The summed E-state index contributed by atoms with van der Waals surface area (Å²) in [5.74, 6) is 0.137. The first-order valence-corrected chi connectivity index (χ1v) is 6.35. The van der Waals surface area contributed by atoms with Gasteiger partial charge in [-0.3, -0.25) is 4.57 Å². The predicted molar refractivity (Wildman–Crippen MR) is 77.9 cm³/mol. The highest BCUT2D eigenvalue weighted by Gasteiger charge is 2.14. The van der Waals surface area contributed by atoms with E-state index in [2.05, 4.69) is 4.98 Å². The molecule has 0 atom stereocenters. The van der Waals surface area contributed by atoms with Gasteiger partial charge in [0, 0.05) is 11.8 Å². The quantitative estimate of drug-likeness (QED) is 0.725. The van der Waals surface area contributed by atoms with Crippen LogP contribution in [0.1, 0.15) is 5.82 Å². The van der Waals surface area contributed by atoms with Crippen LogP contribution in [0, 0.1) is 5.82 Å². The van der Waals surface area contributed by atoms with Gasteiger partial charge in [-0.05, 0) is 30.3 Å². The molecule has 1 aromatic heterocycles. The maximum absolute atomic E-state index is 13.5. The van der Waals surface area contributed by atoms with Crippen molar-refractivity contribution in [2.45, 2.75) is 6.61 Å². The monoisotopic (exact) mass is 287 g/mol. The van der Waals surface area contributed by atoms with E-state index in [9.17, 15) is 9.50 Å². The minimum atomic E-state index is -0.444. The summed E-state index contributed by atoms with van der Waals surface area (Å²) in [5.41, 5.74) is 8.44. The van der Waals surface area contributed by atoms with Crippen molar-refractivity contribution < 1.29 is 14.2 Å². The number of ether oxygens (including phenoxy) is 1. The molecule has 6 heteroatoms. The fourth-order valence-electron chi connectivity index (χ4n) is 2.33. The summed E-state index contributed by atoms with van der Waals surface area (Å²) >= 11 is 0. The van der Waals surface area contributed by atoms with E-state index in [0.717, 1.165) is 5.52 Å². The maximum Gasteiger partial charge on any atom is 0.165 e. The number of aliphatic hydroxyl groups excluding tert-OH is 1. The largest absolute Gasteiger partial charge is 0.494 e. The number of halogens is 1. The molecule has 0 aliphatic rings. The van der Waals surface area contributed by atoms with E-state index in [4.69, 9.17) is 10.5 Å². The smallest absolute Gasteiger partial charge is 0.165 e. The molecule has 0 radical (unpaired) electrons. The number of nitrogens with two attached hydrogens (primary N) is 1. The van der Waals surface area contributed by atoms with Crippen molar-refractivity contribution in [3.8, 4) is 11.4 Å². The molecule has 0 aliphatic carbocycles. The summed E-state index contributed by atoms with van der Waals surface area (Å²) in [6.07, 6.45) is 0. The number of imidazole rings is 1. The topological polar surface area (TPSA) is 73.3 Å². The van der Waals surface area contributed by atoms with Gasteiger partial charge < -0.3 is 15.6 Å². The van der Waals surface area contributed by atoms with Crippen LogP contribution in [0.4, 0.5) is 10.1 Å². The van der Waals surface area contributed by atoms with Gasteiger partial charge >= 0.3 is 0 Å². The van der Waals surface area contributed by atoms with Gasteiger partial charge in [-0.15, -0.1) is 0 Å². The molecule has 1 heterocycles. The van der Waals surface area contributed by atoms with Crippen LogP contribution in [-0.4, -0.2) is 21.8 Å². The summed E-state index contributed by atoms with van der Waals surface area (Å²) in [5, 5.41) is 9.51. The van der Waals surface area contributed by atoms with Crippen LogP contribution < -0.4 is 10.5 Å². The zero-order valence-corrected chi connectivity index (χ0v) is 11.4. The Morgan fingerprint density at radius 2 is 2.10 bits per heavy atom. The number of aliphatic hydroxyl groups is 1. The fourth-order valence-corrected chi connectivity index (χ4v) is 2.33. The summed E-state index contributed by atoms with van der Waals surface area (Å²) in [7, 11) is 1.40. The molecular formula is C15H14FN3O2. The molecular weight excluding hydrogens is 273 g/mol. The summed E-state index contributed by atoms with van der Waals surface area (Å²) in [6, 6.07) is 9.78. The minimum Gasteiger partial charge on any atom is -0.494 e. The van der Waals surface area contributed by atoms with E-state index in [-0.39, 0.29) is 12.4 Å². The second kappa shape index (κ2) is 5.06. The van der Waals surface area contributed by atoms with Gasteiger partial charge in [0.15, 0.2) is 11.6 Å². The summed E-state index contributed by atoms with van der Waals surface area (Å²) in [4.78, 5) is 4.34. The lowest BCUT2D eigenvalue weighted by Crippen LogP contribution is -2.02. The summed E-state index contributed by atoms with van der Waals surface area (Å²) in [6.45, 7) is -0.242. The number of nitrogen functional groups attached to an aromatic ring is 1. The zero-order valence-electron chi connectivity index (χ0n) is 11.4. The number of hydrogen-bond acceptors (Lipinski definition) is 4. The average molecular weight is 287 g/mol. The SMILES string of the molecule is COc1cc(-n2c(CO)nc3cc(N)ccc32)ccc1F. The van der Waals surface area contributed by atoms with E-state index < -0.39 is 5.82 Å². The Morgan fingerprint density at radius 1 is 1.29 bits per heavy atom.